The number of hydrogen-bond donors (Lipinski definition) is 4. The van der Waals surface area contributed by atoms with E-state index in [1.54, 1.807) is 0 Å². The van der Waals surface area contributed by atoms with E-state index in [-0.39, 0.29) is 25.0 Å². The van der Waals surface area contributed by atoms with Gasteiger partial charge < -0.3 is 30.7 Å². The summed E-state index contributed by atoms with van der Waals surface area (Å²) in [6.45, 7) is 1.46. The highest BCUT2D eigenvalue weighted by Gasteiger charge is 2.23. The molecular formula is C50H66N4O6. The third-order valence-corrected chi connectivity index (χ3v) is 10.4. The van der Waals surface area contributed by atoms with E-state index in [2.05, 4.69) is 21.3 Å². The molecular weight excluding hydrogens is 753 g/mol. The SMILES string of the molecule is O=C(N[C@@H](Cc1ccccc1)C(=O)NCCCCCCCCCCCCCCCCNC(=O)[C@H](Cc1ccccc1)NC(=O)OCc1ccccc1)OCc1ccccc1. The van der Waals surface area contributed by atoms with Crippen LogP contribution in [0.5, 0.6) is 0 Å². The summed E-state index contributed by atoms with van der Waals surface area (Å²) in [7, 11) is 0. The largest absolute Gasteiger partial charge is 0.445 e. The molecule has 4 aromatic rings. The Kier molecular flexibility index (Phi) is 23.2. The van der Waals surface area contributed by atoms with Gasteiger partial charge in [-0.1, -0.05) is 198 Å². The molecule has 0 bridgehead atoms. The van der Waals surface area contributed by atoms with Gasteiger partial charge in [0.15, 0.2) is 0 Å². The van der Waals surface area contributed by atoms with E-state index in [9.17, 15) is 19.2 Å². The summed E-state index contributed by atoms with van der Waals surface area (Å²) >= 11 is 0. The Bertz CT molecular complexity index is 1630. The van der Waals surface area contributed by atoms with Crippen molar-refractivity contribution in [1.82, 2.24) is 21.3 Å². The zero-order valence-corrected chi connectivity index (χ0v) is 35.3. The van der Waals surface area contributed by atoms with Gasteiger partial charge in [-0.25, -0.2) is 9.59 Å². The molecule has 60 heavy (non-hydrogen) atoms. The van der Waals surface area contributed by atoms with Gasteiger partial charge in [0.1, 0.15) is 25.3 Å². The van der Waals surface area contributed by atoms with Gasteiger partial charge in [0, 0.05) is 25.9 Å². The maximum absolute atomic E-state index is 13.1. The fraction of sp³-hybridized carbons (Fsp3) is 0.440. The van der Waals surface area contributed by atoms with E-state index < -0.39 is 24.3 Å². The molecule has 10 nitrogen and oxygen atoms in total. The average Bonchev–Trinajstić information content (AvgIpc) is 3.28. The van der Waals surface area contributed by atoms with Crippen LogP contribution in [0.3, 0.4) is 0 Å². The number of carbonyl (C=O) groups excluding carboxylic acids is 4. The van der Waals surface area contributed by atoms with Crippen LogP contribution in [0.15, 0.2) is 121 Å². The molecule has 0 spiro atoms. The molecule has 4 N–H and O–H groups in total. The number of amides is 4. The van der Waals surface area contributed by atoms with Gasteiger partial charge in [0.25, 0.3) is 0 Å². The van der Waals surface area contributed by atoms with Crippen LogP contribution in [0.2, 0.25) is 0 Å². The van der Waals surface area contributed by atoms with Gasteiger partial charge in [-0.2, -0.15) is 0 Å². The Balaban J connectivity index is 0.966. The molecule has 0 unspecified atom stereocenters. The van der Waals surface area contributed by atoms with Gasteiger partial charge in [-0.05, 0) is 35.1 Å². The van der Waals surface area contributed by atoms with Crippen LogP contribution in [-0.4, -0.2) is 49.2 Å². The first-order valence-corrected chi connectivity index (χ1v) is 22.0. The quantitative estimate of drug-likeness (QED) is 0.0403. The predicted molar refractivity (Wildman–Crippen MR) is 238 cm³/mol. The van der Waals surface area contributed by atoms with Crippen molar-refractivity contribution in [2.45, 2.75) is 128 Å². The maximum Gasteiger partial charge on any atom is 0.408 e. The van der Waals surface area contributed by atoms with Crippen LogP contribution in [0.4, 0.5) is 9.59 Å². The number of rotatable bonds is 29. The molecule has 0 aliphatic carbocycles. The van der Waals surface area contributed by atoms with E-state index in [0.717, 1.165) is 60.8 Å². The van der Waals surface area contributed by atoms with Crippen molar-refractivity contribution in [3.8, 4) is 0 Å². The highest BCUT2D eigenvalue weighted by Crippen LogP contribution is 2.14. The van der Waals surface area contributed by atoms with E-state index in [1.807, 2.05) is 121 Å². The second-order valence-corrected chi connectivity index (χ2v) is 15.4. The summed E-state index contributed by atoms with van der Waals surface area (Å²) in [6.07, 6.45) is 15.8. The number of unbranched alkanes of at least 4 members (excludes halogenated alkanes) is 13. The Labute approximate surface area is 357 Å². The fourth-order valence-corrected chi connectivity index (χ4v) is 6.97. The molecule has 0 saturated carbocycles. The van der Waals surface area contributed by atoms with Gasteiger partial charge >= 0.3 is 12.2 Å². The normalized spacial score (nSPS) is 11.8. The lowest BCUT2D eigenvalue weighted by molar-refractivity contribution is -0.123. The highest BCUT2D eigenvalue weighted by atomic mass is 16.6. The molecule has 0 heterocycles. The Morgan fingerprint density at radius 1 is 0.367 bits per heavy atom. The molecule has 0 aliphatic heterocycles. The first-order chi connectivity index (χ1) is 29.5. The zero-order valence-electron chi connectivity index (χ0n) is 35.3. The lowest BCUT2D eigenvalue weighted by Crippen LogP contribution is -2.48. The number of carbonyl (C=O) groups is 4. The van der Waals surface area contributed by atoms with Crippen molar-refractivity contribution in [2.24, 2.45) is 0 Å². The lowest BCUT2D eigenvalue weighted by atomic mass is 10.0. The molecule has 0 aromatic heterocycles. The molecule has 10 heteroatoms. The predicted octanol–water partition coefficient (Wildman–Crippen LogP) is 9.76. The minimum Gasteiger partial charge on any atom is -0.445 e. The number of ether oxygens (including phenoxy) is 2. The standard InChI is InChI=1S/C50H66N4O6/c55-47(45(37-41-27-17-13-18-28-41)53-49(57)59-39-43-31-21-15-22-32-43)51-35-25-11-9-7-5-3-1-2-4-6-8-10-12-26-36-52-48(56)46(38-42-29-19-14-20-30-42)54-50(58)60-40-44-33-23-16-24-34-44/h13-24,27-34,45-46H,1-12,25-26,35-40H2,(H,51,55)(H,52,56)(H,53,57)(H,54,58)/t45-,46-/m0/s1. The zero-order chi connectivity index (χ0) is 42.3. The van der Waals surface area contributed by atoms with E-state index in [4.69, 9.17) is 9.47 Å². The molecule has 4 rings (SSSR count). The molecule has 4 aromatic carbocycles. The summed E-state index contributed by atoms with van der Waals surface area (Å²) in [5.41, 5.74) is 3.71. The first kappa shape index (κ1) is 47.0. The minimum atomic E-state index is -0.714. The highest BCUT2D eigenvalue weighted by molar-refractivity contribution is 5.86. The summed E-state index contributed by atoms with van der Waals surface area (Å²) in [5.74, 6) is -0.394. The van der Waals surface area contributed by atoms with Crippen molar-refractivity contribution in [3.05, 3.63) is 144 Å². The van der Waals surface area contributed by atoms with Crippen molar-refractivity contribution >= 4 is 24.0 Å². The number of hydrogen-bond acceptors (Lipinski definition) is 6. The van der Waals surface area contributed by atoms with Crippen molar-refractivity contribution in [2.75, 3.05) is 13.1 Å². The van der Waals surface area contributed by atoms with Crippen LogP contribution in [-0.2, 0) is 45.1 Å². The number of nitrogens with one attached hydrogen (secondary N) is 4. The first-order valence-electron chi connectivity index (χ1n) is 22.0. The third kappa shape index (κ3) is 20.9. The molecule has 0 fully saturated rings. The monoisotopic (exact) mass is 818 g/mol. The second-order valence-electron chi connectivity index (χ2n) is 15.4. The summed E-state index contributed by atoms with van der Waals surface area (Å²) in [5, 5.41) is 11.6. The Hall–Kier alpha value is -5.64. The van der Waals surface area contributed by atoms with Crippen LogP contribution < -0.4 is 21.3 Å². The number of alkyl carbamates (subject to hydrolysis) is 2. The molecule has 0 saturated heterocycles. The van der Waals surface area contributed by atoms with Gasteiger partial charge in [-0.3, -0.25) is 9.59 Å². The Morgan fingerprint density at radius 3 is 0.933 bits per heavy atom. The molecule has 2 atom stereocenters. The summed E-state index contributed by atoms with van der Waals surface area (Å²) < 4.78 is 10.8. The van der Waals surface area contributed by atoms with Gasteiger partial charge in [-0.15, -0.1) is 0 Å². The van der Waals surface area contributed by atoms with E-state index in [1.165, 1.54) is 51.4 Å². The fourth-order valence-electron chi connectivity index (χ4n) is 6.97. The molecule has 0 aliphatic rings. The molecule has 0 radical (unpaired) electrons. The van der Waals surface area contributed by atoms with Crippen LogP contribution >= 0.6 is 0 Å². The van der Waals surface area contributed by atoms with E-state index in [0.29, 0.717) is 25.9 Å². The van der Waals surface area contributed by atoms with Crippen LogP contribution in [0.1, 0.15) is 112 Å². The smallest absolute Gasteiger partial charge is 0.408 e. The summed E-state index contributed by atoms with van der Waals surface area (Å²) in [4.78, 5) is 51.2. The molecule has 322 valence electrons. The average molecular weight is 819 g/mol. The van der Waals surface area contributed by atoms with Gasteiger partial charge in [0.05, 0.1) is 0 Å². The van der Waals surface area contributed by atoms with Crippen LogP contribution in [0.25, 0.3) is 0 Å². The van der Waals surface area contributed by atoms with Crippen molar-refractivity contribution in [1.29, 1.82) is 0 Å². The van der Waals surface area contributed by atoms with Crippen LogP contribution in [0, 0.1) is 0 Å². The minimum absolute atomic E-state index is 0.147. The maximum atomic E-state index is 13.1. The summed E-state index contributed by atoms with van der Waals surface area (Å²) in [6, 6.07) is 36.9. The van der Waals surface area contributed by atoms with Crippen molar-refractivity contribution in [3.63, 3.8) is 0 Å². The number of benzene rings is 4. The van der Waals surface area contributed by atoms with E-state index >= 15 is 0 Å². The van der Waals surface area contributed by atoms with Gasteiger partial charge in [0.2, 0.25) is 11.8 Å². The topological polar surface area (TPSA) is 135 Å². The molecule has 4 amide bonds. The Morgan fingerprint density at radius 2 is 0.633 bits per heavy atom. The lowest BCUT2D eigenvalue weighted by Gasteiger charge is -2.18. The van der Waals surface area contributed by atoms with Crippen molar-refractivity contribution < 1.29 is 28.7 Å². The third-order valence-electron chi connectivity index (χ3n) is 10.4. The second kappa shape index (κ2) is 29.6.